The molecule has 1 aliphatic carbocycles. The van der Waals surface area contributed by atoms with Crippen molar-refractivity contribution in [2.45, 2.75) is 32.2 Å². The van der Waals surface area contributed by atoms with Crippen molar-refractivity contribution in [2.75, 3.05) is 0 Å². The number of rotatable bonds is 4. The highest BCUT2D eigenvalue weighted by atomic mass is 16.4. The third-order valence-electron chi connectivity index (χ3n) is 3.73. The molecule has 1 heterocycles. The number of carboxylic acid groups (broad SMARTS) is 1. The number of hydrogen-bond donors (Lipinski definition) is 1. The quantitative estimate of drug-likeness (QED) is 0.908. The zero-order valence-electron chi connectivity index (χ0n) is 10.7. The predicted molar refractivity (Wildman–Crippen MR) is 69.2 cm³/mol. The standard InChI is InChI=1S/C14H15N3O2/c1-2-12-13(14(18)19)15-16-17(12)8-10-7-9-5-3-4-6-11(9)10/h3-6,10H,2,7-8H2,1H3,(H,18,19). The number of hydrogen-bond acceptors (Lipinski definition) is 3. The molecule has 19 heavy (non-hydrogen) atoms. The van der Waals surface area contributed by atoms with E-state index in [0.29, 0.717) is 24.6 Å². The predicted octanol–water partition coefficient (Wildman–Crippen LogP) is 1.88. The molecule has 98 valence electrons. The topological polar surface area (TPSA) is 68.0 Å². The Labute approximate surface area is 110 Å². The van der Waals surface area contributed by atoms with Gasteiger partial charge in [-0.3, -0.25) is 0 Å². The number of carbonyl (C=O) groups is 1. The number of nitrogens with zero attached hydrogens (tertiary/aromatic N) is 3. The molecule has 1 aromatic heterocycles. The van der Waals surface area contributed by atoms with Gasteiger partial charge in [-0.05, 0) is 24.0 Å². The molecule has 0 bridgehead atoms. The van der Waals surface area contributed by atoms with Crippen LogP contribution in [0.1, 0.15) is 40.2 Å². The Morgan fingerprint density at radius 3 is 2.95 bits per heavy atom. The monoisotopic (exact) mass is 257 g/mol. The average molecular weight is 257 g/mol. The molecule has 1 aliphatic rings. The van der Waals surface area contributed by atoms with Crippen molar-refractivity contribution in [3.63, 3.8) is 0 Å². The summed E-state index contributed by atoms with van der Waals surface area (Å²) in [7, 11) is 0. The van der Waals surface area contributed by atoms with Crippen LogP contribution in [-0.2, 0) is 19.4 Å². The summed E-state index contributed by atoms with van der Waals surface area (Å²) in [5.41, 5.74) is 3.51. The van der Waals surface area contributed by atoms with E-state index >= 15 is 0 Å². The molecular formula is C14H15N3O2. The van der Waals surface area contributed by atoms with Crippen molar-refractivity contribution in [3.05, 3.63) is 46.8 Å². The van der Waals surface area contributed by atoms with E-state index in [1.165, 1.54) is 11.1 Å². The van der Waals surface area contributed by atoms with Gasteiger partial charge in [0.25, 0.3) is 0 Å². The minimum absolute atomic E-state index is 0.0788. The van der Waals surface area contributed by atoms with Gasteiger partial charge >= 0.3 is 5.97 Å². The van der Waals surface area contributed by atoms with Crippen LogP contribution >= 0.6 is 0 Å². The molecule has 0 fully saturated rings. The molecule has 0 saturated carbocycles. The van der Waals surface area contributed by atoms with Gasteiger partial charge in [0.1, 0.15) is 0 Å². The summed E-state index contributed by atoms with van der Waals surface area (Å²) in [6, 6.07) is 8.35. The van der Waals surface area contributed by atoms with Gasteiger partial charge in [-0.25, -0.2) is 9.48 Å². The number of carboxylic acids is 1. The van der Waals surface area contributed by atoms with E-state index < -0.39 is 5.97 Å². The first kappa shape index (κ1) is 11.9. The molecule has 0 amide bonds. The van der Waals surface area contributed by atoms with Crippen LogP contribution in [0.2, 0.25) is 0 Å². The van der Waals surface area contributed by atoms with Gasteiger partial charge in [-0.1, -0.05) is 36.4 Å². The normalized spacial score (nSPS) is 16.8. The first-order valence-electron chi connectivity index (χ1n) is 6.44. The lowest BCUT2D eigenvalue weighted by Gasteiger charge is -2.30. The Balaban J connectivity index is 1.84. The van der Waals surface area contributed by atoms with E-state index in [4.69, 9.17) is 5.11 Å². The first-order chi connectivity index (χ1) is 9.20. The summed E-state index contributed by atoms with van der Waals surface area (Å²) in [6.07, 6.45) is 1.66. The molecule has 1 unspecified atom stereocenters. The van der Waals surface area contributed by atoms with E-state index in [2.05, 4.69) is 22.4 Å². The Hall–Kier alpha value is -2.17. The zero-order chi connectivity index (χ0) is 13.4. The second-order valence-electron chi connectivity index (χ2n) is 4.83. The summed E-state index contributed by atoms with van der Waals surface area (Å²) in [5, 5.41) is 16.8. The molecular weight excluding hydrogens is 242 g/mol. The van der Waals surface area contributed by atoms with Crippen molar-refractivity contribution in [2.24, 2.45) is 0 Å². The lowest BCUT2D eigenvalue weighted by molar-refractivity contribution is 0.0689. The highest BCUT2D eigenvalue weighted by molar-refractivity contribution is 5.86. The molecule has 1 atom stereocenters. The summed E-state index contributed by atoms with van der Waals surface area (Å²) in [6.45, 7) is 2.64. The molecule has 0 spiro atoms. The van der Waals surface area contributed by atoms with E-state index in [1.807, 2.05) is 19.1 Å². The van der Waals surface area contributed by atoms with Crippen LogP contribution in [0.3, 0.4) is 0 Å². The fourth-order valence-corrected chi connectivity index (χ4v) is 2.73. The molecule has 0 saturated heterocycles. The van der Waals surface area contributed by atoms with Gasteiger partial charge in [0, 0.05) is 5.92 Å². The molecule has 2 aromatic rings. The average Bonchev–Trinajstić information content (AvgIpc) is 2.79. The van der Waals surface area contributed by atoms with E-state index in [9.17, 15) is 4.79 Å². The van der Waals surface area contributed by atoms with E-state index in [1.54, 1.807) is 4.68 Å². The van der Waals surface area contributed by atoms with Crippen LogP contribution in [0.15, 0.2) is 24.3 Å². The minimum Gasteiger partial charge on any atom is -0.476 e. The van der Waals surface area contributed by atoms with Crippen LogP contribution in [0.5, 0.6) is 0 Å². The Bertz CT molecular complexity index is 633. The maximum atomic E-state index is 11.0. The minimum atomic E-state index is -1.00. The summed E-state index contributed by atoms with van der Waals surface area (Å²) >= 11 is 0. The number of benzene rings is 1. The van der Waals surface area contributed by atoms with Crippen LogP contribution in [0.4, 0.5) is 0 Å². The van der Waals surface area contributed by atoms with E-state index in [0.717, 1.165) is 6.42 Å². The van der Waals surface area contributed by atoms with Crippen molar-refractivity contribution in [1.82, 2.24) is 15.0 Å². The van der Waals surface area contributed by atoms with Crippen LogP contribution in [-0.4, -0.2) is 26.1 Å². The lowest BCUT2D eigenvalue weighted by Crippen LogP contribution is -2.23. The van der Waals surface area contributed by atoms with Gasteiger partial charge in [0.2, 0.25) is 0 Å². The van der Waals surface area contributed by atoms with Crippen LogP contribution < -0.4 is 0 Å². The molecule has 5 nitrogen and oxygen atoms in total. The maximum Gasteiger partial charge on any atom is 0.358 e. The molecule has 0 radical (unpaired) electrons. The number of fused-ring (bicyclic) bond motifs is 1. The largest absolute Gasteiger partial charge is 0.476 e. The smallest absolute Gasteiger partial charge is 0.358 e. The van der Waals surface area contributed by atoms with Crippen molar-refractivity contribution < 1.29 is 9.90 Å². The molecule has 5 heteroatoms. The number of aromatic nitrogens is 3. The number of aromatic carboxylic acids is 1. The van der Waals surface area contributed by atoms with Crippen LogP contribution in [0, 0.1) is 0 Å². The summed E-state index contributed by atoms with van der Waals surface area (Å²) < 4.78 is 1.74. The second-order valence-corrected chi connectivity index (χ2v) is 4.83. The highest BCUT2D eigenvalue weighted by Gasteiger charge is 2.27. The Kier molecular flexibility index (Phi) is 2.81. The van der Waals surface area contributed by atoms with Crippen molar-refractivity contribution in [3.8, 4) is 0 Å². The van der Waals surface area contributed by atoms with Crippen molar-refractivity contribution in [1.29, 1.82) is 0 Å². The zero-order valence-corrected chi connectivity index (χ0v) is 10.7. The fourth-order valence-electron chi connectivity index (χ4n) is 2.73. The third kappa shape index (κ3) is 1.91. The fraction of sp³-hybridized carbons (Fsp3) is 0.357. The lowest BCUT2D eigenvalue weighted by atomic mass is 9.77. The third-order valence-corrected chi connectivity index (χ3v) is 3.73. The summed E-state index contributed by atoms with van der Waals surface area (Å²) in [4.78, 5) is 11.0. The van der Waals surface area contributed by atoms with E-state index in [-0.39, 0.29) is 5.69 Å². The highest BCUT2D eigenvalue weighted by Crippen LogP contribution is 2.36. The SMILES string of the molecule is CCc1c(C(=O)O)nnn1CC1Cc2ccccc21. The van der Waals surface area contributed by atoms with Gasteiger partial charge in [-0.15, -0.1) is 5.10 Å². The van der Waals surface area contributed by atoms with Gasteiger partial charge < -0.3 is 5.11 Å². The maximum absolute atomic E-state index is 11.0. The van der Waals surface area contributed by atoms with Gasteiger partial charge in [-0.2, -0.15) is 0 Å². The van der Waals surface area contributed by atoms with Crippen molar-refractivity contribution >= 4 is 5.97 Å². The Morgan fingerprint density at radius 2 is 2.26 bits per heavy atom. The molecule has 3 rings (SSSR count). The van der Waals surface area contributed by atoms with Gasteiger partial charge in [0.15, 0.2) is 5.69 Å². The van der Waals surface area contributed by atoms with Crippen LogP contribution in [0.25, 0.3) is 0 Å². The summed E-state index contributed by atoms with van der Waals surface area (Å²) in [5.74, 6) is -0.582. The first-order valence-corrected chi connectivity index (χ1v) is 6.44. The van der Waals surface area contributed by atoms with Gasteiger partial charge in [0.05, 0.1) is 12.2 Å². The molecule has 1 N–H and O–H groups in total. The molecule has 1 aromatic carbocycles. The Morgan fingerprint density at radius 1 is 1.47 bits per heavy atom. The molecule has 0 aliphatic heterocycles. The second kappa shape index (κ2) is 4.50.